The van der Waals surface area contributed by atoms with Gasteiger partial charge in [0.1, 0.15) is 0 Å². The second-order valence-electron chi connectivity index (χ2n) is 5.56. The molecule has 0 unspecified atom stereocenters. The van der Waals surface area contributed by atoms with Crippen LogP contribution in [0.25, 0.3) is 0 Å². The van der Waals surface area contributed by atoms with Crippen LogP contribution in [0.4, 0.5) is 0 Å². The van der Waals surface area contributed by atoms with Crippen molar-refractivity contribution in [2.24, 2.45) is 5.92 Å². The highest BCUT2D eigenvalue weighted by Crippen LogP contribution is 2.14. The van der Waals surface area contributed by atoms with Crippen LogP contribution in [0.5, 0.6) is 0 Å². The normalized spacial score (nSPS) is 10.4. The zero-order valence-corrected chi connectivity index (χ0v) is 13.2. The average Bonchev–Trinajstić information content (AvgIpc) is 2.48. The number of rotatable bonds is 8. The highest BCUT2D eigenvalue weighted by Gasteiger charge is 2.19. The van der Waals surface area contributed by atoms with Gasteiger partial charge in [0, 0.05) is 18.7 Å². The summed E-state index contributed by atoms with van der Waals surface area (Å²) < 4.78 is 0. The summed E-state index contributed by atoms with van der Waals surface area (Å²) in [7, 11) is 1.91. The molecule has 0 aromatic heterocycles. The van der Waals surface area contributed by atoms with E-state index in [1.54, 1.807) is 4.90 Å². The van der Waals surface area contributed by atoms with Crippen LogP contribution < -0.4 is 5.32 Å². The summed E-state index contributed by atoms with van der Waals surface area (Å²) in [6.45, 7) is 6.18. The molecule has 0 spiro atoms. The molecule has 1 N–H and O–H groups in total. The van der Waals surface area contributed by atoms with Crippen molar-refractivity contribution in [2.75, 3.05) is 26.7 Å². The van der Waals surface area contributed by atoms with Gasteiger partial charge in [-0.3, -0.25) is 4.79 Å². The van der Waals surface area contributed by atoms with Crippen molar-refractivity contribution < 1.29 is 4.79 Å². The van der Waals surface area contributed by atoms with Crippen molar-refractivity contribution in [3.8, 4) is 6.07 Å². The molecule has 1 rings (SSSR count). The Bertz CT molecular complexity index is 491. The van der Waals surface area contributed by atoms with Crippen molar-refractivity contribution in [2.45, 2.75) is 26.7 Å². The van der Waals surface area contributed by atoms with E-state index in [-0.39, 0.29) is 5.91 Å². The molecule has 0 heterocycles. The van der Waals surface area contributed by atoms with Gasteiger partial charge < -0.3 is 10.2 Å². The van der Waals surface area contributed by atoms with Gasteiger partial charge in [-0.15, -0.1) is 0 Å². The van der Waals surface area contributed by atoms with Crippen LogP contribution in [0.15, 0.2) is 24.3 Å². The van der Waals surface area contributed by atoms with E-state index < -0.39 is 0 Å². The molecule has 0 aliphatic heterocycles. The van der Waals surface area contributed by atoms with Gasteiger partial charge in [0.05, 0.1) is 12.5 Å². The van der Waals surface area contributed by atoms with E-state index in [4.69, 9.17) is 5.26 Å². The molecule has 1 amide bonds. The number of carbonyl (C=O) groups is 1. The predicted molar refractivity (Wildman–Crippen MR) is 85.0 cm³/mol. The first kappa shape index (κ1) is 17.2. The van der Waals surface area contributed by atoms with Gasteiger partial charge in [0.25, 0.3) is 5.91 Å². The van der Waals surface area contributed by atoms with Crippen LogP contribution in [-0.2, 0) is 6.42 Å². The first-order chi connectivity index (χ1) is 10.1. The van der Waals surface area contributed by atoms with E-state index in [2.05, 4.69) is 25.2 Å². The number of nitrogens with zero attached hydrogens (tertiary/aromatic N) is 2. The molecular formula is C17H25N3O. The topological polar surface area (TPSA) is 56.1 Å². The standard InChI is InChI=1S/C17H25N3O/c1-14(2)13-20(12-6-10-18)17(21)16-8-5-4-7-15(16)9-11-19-3/h4-5,7-8,14,19H,6,9,11-13H2,1-3H3. The molecule has 0 atom stereocenters. The summed E-state index contributed by atoms with van der Waals surface area (Å²) in [4.78, 5) is 14.6. The molecule has 0 saturated heterocycles. The third-order valence-electron chi connectivity index (χ3n) is 3.26. The Kier molecular flexibility index (Phi) is 7.49. The maximum atomic E-state index is 12.8. The molecule has 0 saturated carbocycles. The maximum Gasteiger partial charge on any atom is 0.254 e. The Hall–Kier alpha value is -1.86. The monoisotopic (exact) mass is 287 g/mol. The minimum absolute atomic E-state index is 0.0330. The molecule has 0 radical (unpaired) electrons. The van der Waals surface area contributed by atoms with E-state index in [0.717, 1.165) is 24.1 Å². The molecule has 0 aliphatic rings. The SMILES string of the molecule is CNCCc1ccccc1C(=O)N(CCC#N)CC(C)C. The molecule has 21 heavy (non-hydrogen) atoms. The summed E-state index contributed by atoms with van der Waals surface area (Å²) in [6, 6.07) is 9.87. The van der Waals surface area contributed by atoms with Gasteiger partial charge in [-0.05, 0) is 37.6 Å². The molecular weight excluding hydrogens is 262 g/mol. The van der Waals surface area contributed by atoms with Crippen LogP contribution in [-0.4, -0.2) is 37.5 Å². The van der Waals surface area contributed by atoms with Crippen LogP contribution in [0, 0.1) is 17.2 Å². The lowest BCUT2D eigenvalue weighted by Crippen LogP contribution is -2.35. The lowest BCUT2D eigenvalue weighted by Gasteiger charge is -2.24. The Morgan fingerprint density at radius 1 is 1.38 bits per heavy atom. The average molecular weight is 287 g/mol. The van der Waals surface area contributed by atoms with Crippen LogP contribution >= 0.6 is 0 Å². The molecule has 1 aromatic carbocycles. The van der Waals surface area contributed by atoms with Crippen LogP contribution in [0.1, 0.15) is 36.2 Å². The fourth-order valence-corrected chi connectivity index (χ4v) is 2.28. The van der Waals surface area contributed by atoms with Crippen molar-refractivity contribution >= 4 is 5.91 Å². The quantitative estimate of drug-likeness (QED) is 0.799. The molecule has 1 aromatic rings. The number of carbonyl (C=O) groups excluding carboxylic acids is 1. The van der Waals surface area contributed by atoms with Gasteiger partial charge in [-0.25, -0.2) is 0 Å². The number of hydrogen-bond donors (Lipinski definition) is 1. The Balaban J connectivity index is 2.94. The van der Waals surface area contributed by atoms with Crippen molar-refractivity contribution in [1.29, 1.82) is 5.26 Å². The van der Waals surface area contributed by atoms with Crippen molar-refractivity contribution in [3.05, 3.63) is 35.4 Å². The number of likely N-dealkylation sites (N-methyl/N-ethyl adjacent to an activating group) is 1. The Morgan fingerprint density at radius 3 is 2.71 bits per heavy atom. The molecule has 0 bridgehead atoms. The van der Waals surface area contributed by atoms with Gasteiger partial charge in [0.2, 0.25) is 0 Å². The zero-order chi connectivity index (χ0) is 15.7. The van der Waals surface area contributed by atoms with E-state index in [1.807, 2.05) is 31.3 Å². The molecule has 0 aliphatic carbocycles. The summed E-state index contributed by atoms with van der Waals surface area (Å²) in [5.41, 5.74) is 1.81. The molecule has 0 fully saturated rings. The number of nitriles is 1. The number of hydrogen-bond acceptors (Lipinski definition) is 3. The second kappa shape index (κ2) is 9.15. The third kappa shape index (κ3) is 5.57. The Morgan fingerprint density at radius 2 is 2.10 bits per heavy atom. The largest absolute Gasteiger partial charge is 0.337 e. The lowest BCUT2D eigenvalue weighted by atomic mass is 10.0. The van der Waals surface area contributed by atoms with Gasteiger partial charge in [-0.2, -0.15) is 5.26 Å². The van der Waals surface area contributed by atoms with E-state index in [0.29, 0.717) is 25.4 Å². The summed E-state index contributed by atoms with van der Waals surface area (Å²) >= 11 is 0. The first-order valence-electron chi connectivity index (χ1n) is 7.48. The number of benzene rings is 1. The minimum atomic E-state index is 0.0330. The van der Waals surface area contributed by atoms with Crippen molar-refractivity contribution in [1.82, 2.24) is 10.2 Å². The first-order valence-corrected chi connectivity index (χ1v) is 7.48. The lowest BCUT2D eigenvalue weighted by molar-refractivity contribution is 0.0739. The Labute approximate surface area is 127 Å². The van der Waals surface area contributed by atoms with Gasteiger partial charge >= 0.3 is 0 Å². The second-order valence-corrected chi connectivity index (χ2v) is 5.56. The summed E-state index contributed by atoms with van der Waals surface area (Å²) in [5.74, 6) is 0.419. The van der Waals surface area contributed by atoms with E-state index in [9.17, 15) is 4.79 Å². The summed E-state index contributed by atoms with van der Waals surface area (Å²) in [5, 5.41) is 11.9. The molecule has 114 valence electrons. The van der Waals surface area contributed by atoms with E-state index in [1.165, 1.54) is 0 Å². The fraction of sp³-hybridized carbons (Fsp3) is 0.529. The predicted octanol–water partition coefficient (Wildman–Crippen LogP) is 2.46. The fourth-order valence-electron chi connectivity index (χ4n) is 2.28. The molecule has 4 nitrogen and oxygen atoms in total. The van der Waals surface area contributed by atoms with Crippen molar-refractivity contribution in [3.63, 3.8) is 0 Å². The van der Waals surface area contributed by atoms with Gasteiger partial charge in [-0.1, -0.05) is 32.0 Å². The summed E-state index contributed by atoms with van der Waals surface area (Å²) in [6.07, 6.45) is 1.20. The highest BCUT2D eigenvalue weighted by molar-refractivity contribution is 5.95. The highest BCUT2D eigenvalue weighted by atomic mass is 16.2. The van der Waals surface area contributed by atoms with E-state index >= 15 is 0 Å². The third-order valence-corrected chi connectivity index (χ3v) is 3.26. The molecule has 4 heteroatoms. The number of amides is 1. The maximum absolute atomic E-state index is 12.8. The number of nitrogens with one attached hydrogen (secondary N) is 1. The smallest absolute Gasteiger partial charge is 0.254 e. The van der Waals surface area contributed by atoms with Gasteiger partial charge in [0.15, 0.2) is 0 Å². The van der Waals surface area contributed by atoms with Crippen LogP contribution in [0.3, 0.4) is 0 Å². The zero-order valence-electron chi connectivity index (χ0n) is 13.2. The van der Waals surface area contributed by atoms with Crippen LogP contribution in [0.2, 0.25) is 0 Å². The minimum Gasteiger partial charge on any atom is -0.337 e.